The van der Waals surface area contributed by atoms with E-state index >= 15 is 0 Å². The Morgan fingerprint density at radius 3 is 2.75 bits per heavy atom. The zero-order valence-corrected chi connectivity index (χ0v) is 15.0. The Bertz CT molecular complexity index is 1030. The van der Waals surface area contributed by atoms with Gasteiger partial charge in [-0.3, -0.25) is 14.5 Å². The van der Waals surface area contributed by atoms with E-state index in [1.54, 1.807) is 21.8 Å². The first kappa shape index (κ1) is 18.3. The Hall–Kier alpha value is -3.10. The number of pyridine rings is 1. The molecule has 1 saturated heterocycles. The van der Waals surface area contributed by atoms with Gasteiger partial charge in [0.25, 0.3) is 0 Å². The normalized spacial score (nSPS) is 14.5. The van der Waals surface area contributed by atoms with Gasteiger partial charge in [0.2, 0.25) is 5.91 Å². The van der Waals surface area contributed by atoms with Gasteiger partial charge in [0, 0.05) is 24.8 Å². The molecular formula is C19H17F3N4O2. The molecule has 2 aromatic heterocycles. The molecule has 0 bridgehead atoms. The van der Waals surface area contributed by atoms with Gasteiger partial charge in [0.15, 0.2) is 11.6 Å². The Morgan fingerprint density at radius 2 is 2.04 bits per heavy atom. The van der Waals surface area contributed by atoms with Gasteiger partial charge in [-0.15, -0.1) is 0 Å². The molecule has 4 rings (SSSR count). The van der Waals surface area contributed by atoms with Crippen molar-refractivity contribution in [2.75, 3.05) is 13.1 Å². The second-order valence-electron chi connectivity index (χ2n) is 6.86. The van der Waals surface area contributed by atoms with Crippen LogP contribution in [0.2, 0.25) is 0 Å². The van der Waals surface area contributed by atoms with Gasteiger partial charge < -0.3 is 9.64 Å². The average Bonchev–Trinajstić information content (AvgIpc) is 3.02. The number of hydrogen-bond donors (Lipinski definition) is 0. The van der Waals surface area contributed by atoms with Gasteiger partial charge in [0.1, 0.15) is 12.1 Å². The molecule has 0 atom stereocenters. The standard InChI is InChI=1S/C19H17F3N4O2/c1-11-8-25(9-11)18(27)10-26-16-4-13(6-23-15(16)7-24-26)12-2-3-14(20)17(5-12)28-19(21)22/h2-7,11,19H,8-10H2,1H3. The zero-order valence-electron chi connectivity index (χ0n) is 15.0. The van der Waals surface area contributed by atoms with Crippen LogP contribution in [0, 0.1) is 11.7 Å². The number of fused-ring (bicyclic) bond motifs is 1. The molecule has 1 amide bonds. The molecule has 6 nitrogen and oxygen atoms in total. The van der Waals surface area contributed by atoms with Gasteiger partial charge >= 0.3 is 6.61 Å². The van der Waals surface area contributed by atoms with E-state index in [1.807, 2.05) is 0 Å². The Labute approximate surface area is 158 Å². The number of benzene rings is 1. The highest BCUT2D eigenvalue weighted by Gasteiger charge is 2.27. The number of alkyl halides is 2. The Kier molecular flexibility index (Phi) is 4.66. The summed E-state index contributed by atoms with van der Waals surface area (Å²) in [7, 11) is 0. The summed E-state index contributed by atoms with van der Waals surface area (Å²) < 4.78 is 44.3. The monoisotopic (exact) mass is 390 g/mol. The maximum absolute atomic E-state index is 13.7. The first-order valence-corrected chi connectivity index (χ1v) is 8.75. The second-order valence-corrected chi connectivity index (χ2v) is 6.86. The van der Waals surface area contributed by atoms with Gasteiger partial charge in [-0.05, 0) is 29.7 Å². The number of aromatic nitrogens is 3. The third-order valence-electron chi connectivity index (χ3n) is 4.68. The van der Waals surface area contributed by atoms with E-state index in [2.05, 4.69) is 21.7 Å². The van der Waals surface area contributed by atoms with E-state index in [1.165, 1.54) is 18.3 Å². The molecule has 3 heterocycles. The fraction of sp³-hybridized carbons (Fsp3) is 0.316. The summed E-state index contributed by atoms with van der Waals surface area (Å²) in [4.78, 5) is 18.4. The predicted octanol–water partition coefficient (Wildman–Crippen LogP) is 3.32. The number of nitrogens with zero attached hydrogens (tertiary/aromatic N) is 4. The average molecular weight is 390 g/mol. The molecule has 146 valence electrons. The third-order valence-corrected chi connectivity index (χ3v) is 4.68. The minimum Gasteiger partial charge on any atom is -0.432 e. The lowest BCUT2D eigenvalue weighted by Gasteiger charge is -2.37. The lowest BCUT2D eigenvalue weighted by atomic mass is 10.0. The van der Waals surface area contributed by atoms with Crippen LogP contribution >= 0.6 is 0 Å². The quantitative estimate of drug-likeness (QED) is 0.671. The van der Waals surface area contributed by atoms with Crippen molar-refractivity contribution in [3.8, 4) is 16.9 Å². The number of halogens is 3. The van der Waals surface area contributed by atoms with E-state index in [0.29, 0.717) is 28.1 Å². The Balaban J connectivity index is 1.63. The molecule has 0 aliphatic carbocycles. The van der Waals surface area contributed by atoms with Gasteiger partial charge in [-0.25, -0.2) is 4.39 Å². The predicted molar refractivity (Wildman–Crippen MR) is 95.3 cm³/mol. The topological polar surface area (TPSA) is 60.2 Å². The van der Waals surface area contributed by atoms with Gasteiger partial charge in [-0.2, -0.15) is 13.9 Å². The van der Waals surface area contributed by atoms with E-state index in [9.17, 15) is 18.0 Å². The van der Waals surface area contributed by atoms with Crippen LogP contribution < -0.4 is 4.74 Å². The van der Waals surface area contributed by atoms with Crippen LogP contribution in [0.25, 0.3) is 22.2 Å². The largest absolute Gasteiger partial charge is 0.432 e. The van der Waals surface area contributed by atoms with E-state index in [0.717, 1.165) is 19.2 Å². The smallest absolute Gasteiger partial charge is 0.387 e. The maximum atomic E-state index is 13.7. The van der Waals surface area contributed by atoms with Crippen molar-refractivity contribution in [2.24, 2.45) is 5.92 Å². The lowest BCUT2D eigenvalue weighted by molar-refractivity contribution is -0.137. The molecule has 0 saturated carbocycles. The highest BCUT2D eigenvalue weighted by atomic mass is 19.3. The molecular weight excluding hydrogens is 373 g/mol. The van der Waals surface area contributed by atoms with Crippen molar-refractivity contribution >= 4 is 16.9 Å². The second kappa shape index (κ2) is 7.14. The number of amides is 1. The summed E-state index contributed by atoms with van der Waals surface area (Å²) in [5.41, 5.74) is 2.25. The van der Waals surface area contributed by atoms with Crippen molar-refractivity contribution in [1.82, 2.24) is 19.7 Å². The molecule has 1 aromatic carbocycles. The van der Waals surface area contributed by atoms with Crippen molar-refractivity contribution in [2.45, 2.75) is 20.1 Å². The third kappa shape index (κ3) is 3.51. The number of hydrogen-bond acceptors (Lipinski definition) is 4. The van der Waals surface area contributed by atoms with Crippen molar-refractivity contribution < 1.29 is 22.7 Å². The van der Waals surface area contributed by atoms with E-state index in [-0.39, 0.29) is 12.5 Å². The summed E-state index contributed by atoms with van der Waals surface area (Å²) in [5.74, 6) is -0.932. The van der Waals surface area contributed by atoms with E-state index in [4.69, 9.17) is 0 Å². The van der Waals surface area contributed by atoms with Crippen LogP contribution in [0.4, 0.5) is 13.2 Å². The minimum absolute atomic E-state index is 0.0251. The van der Waals surface area contributed by atoms with Crippen LogP contribution in [0.3, 0.4) is 0 Å². The lowest BCUT2D eigenvalue weighted by Crippen LogP contribution is -2.49. The summed E-state index contributed by atoms with van der Waals surface area (Å²) in [6, 6.07) is 5.44. The molecule has 1 fully saturated rings. The van der Waals surface area contributed by atoms with E-state index < -0.39 is 18.2 Å². The molecule has 1 aliphatic heterocycles. The summed E-state index contributed by atoms with van der Waals surface area (Å²) in [5, 5.41) is 4.22. The van der Waals surface area contributed by atoms with Gasteiger partial charge in [-0.1, -0.05) is 13.0 Å². The van der Waals surface area contributed by atoms with Crippen LogP contribution in [0.1, 0.15) is 6.92 Å². The summed E-state index contributed by atoms with van der Waals surface area (Å²) in [6.45, 7) is 0.526. The fourth-order valence-electron chi connectivity index (χ4n) is 3.24. The SMILES string of the molecule is CC1CN(C(=O)Cn2ncc3ncc(-c4ccc(F)c(OC(F)F)c4)cc32)C1. The molecule has 9 heteroatoms. The molecule has 0 unspecified atom stereocenters. The van der Waals surface area contributed by atoms with Crippen molar-refractivity contribution in [3.63, 3.8) is 0 Å². The van der Waals surface area contributed by atoms with Gasteiger partial charge in [0.05, 0.1) is 11.7 Å². The number of carbonyl (C=O) groups excluding carboxylic acids is 1. The summed E-state index contributed by atoms with van der Waals surface area (Å²) >= 11 is 0. The number of ether oxygens (including phenoxy) is 1. The molecule has 0 radical (unpaired) electrons. The molecule has 0 spiro atoms. The molecule has 1 aliphatic rings. The van der Waals surface area contributed by atoms with Crippen LogP contribution in [-0.2, 0) is 11.3 Å². The van der Waals surface area contributed by atoms with Crippen LogP contribution in [0.5, 0.6) is 5.75 Å². The number of carbonyl (C=O) groups is 1. The Morgan fingerprint density at radius 1 is 1.25 bits per heavy atom. The highest BCUT2D eigenvalue weighted by molar-refractivity contribution is 5.83. The highest BCUT2D eigenvalue weighted by Crippen LogP contribution is 2.29. The molecule has 0 N–H and O–H groups in total. The first-order valence-electron chi connectivity index (χ1n) is 8.75. The maximum Gasteiger partial charge on any atom is 0.387 e. The zero-order chi connectivity index (χ0) is 19.8. The van der Waals surface area contributed by atoms with Crippen LogP contribution in [0.15, 0.2) is 36.7 Å². The molecule has 3 aromatic rings. The first-order chi connectivity index (χ1) is 13.4. The number of rotatable bonds is 5. The number of likely N-dealkylation sites (tertiary alicyclic amines) is 1. The molecule has 28 heavy (non-hydrogen) atoms. The fourth-order valence-corrected chi connectivity index (χ4v) is 3.24. The summed E-state index contributed by atoms with van der Waals surface area (Å²) in [6.07, 6.45) is 3.09. The van der Waals surface area contributed by atoms with Crippen molar-refractivity contribution in [1.29, 1.82) is 0 Å². The van der Waals surface area contributed by atoms with Crippen LogP contribution in [-0.4, -0.2) is 45.3 Å². The van der Waals surface area contributed by atoms with Crippen molar-refractivity contribution in [3.05, 3.63) is 42.5 Å². The minimum atomic E-state index is -3.12.